The van der Waals surface area contributed by atoms with Gasteiger partial charge in [0.1, 0.15) is 0 Å². The molecule has 0 aliphatic heterocycles. The lowest BCUT2D eigenvalue weighted by molar-refractivity contribution is -0.108. The van der Waals surface area contributed by atoms with Crippen molar-refractivity contribution in [3.63, 3.8) is 0 Å². The number of halogens is 1. The fourth-order valence-corrected chi connectivity index (χ4v) is 3.55. The van der Waals surface area contributed by atoms with E-state index in [1.54, 1.807) is 24.2 Å². The minimum Gasteiger partial charge on any atom is -0.388 e. The van der Waals surface area contributed by atoms with Gasteiger partial charge in [-0.3, -0.25) is 0 Å². The third-order valence-corrected chi connectivity index (χ3v) is 4.96. The maximum Gasteiger partial charge on any atom is 0.357 e. The quantitative estimate of drug-likeness (QED) is 0.539. The van der Waals surface area contributed by atoms with E-state index >= 15 is 0 Å². The molecule has 27 heavy (non-hydrogen) atoms. The number of rotatable bonds is 9. The van der Waals surface area contributed by atoms with E-state index in [2.05, 4.69) is 29.8 Å². The molecule has 0 saturated carbocycles. The maximum atomic E-state index is 12.1. The molecule has 2 aromatic rings. The lowest BCUT2D eigenvalue weighted by Gasteiger charge is -2.29. The first-order chi connectivity index (χ1) is 12.8. The Bertz CT molecular complexity index is 733. The van der Waals surface area contributed by atoms with E-state index < -0.39 is 6.10 Å². The zero-order chi connectivity index (χ0) is 19.9. The Hall–Kier alpha value is -1.69. The van der Waals surface area contributed by atoms with Crippen molar-refractivity contribution in [3.05, 3.63) is 70.2 Å². The Balaban J connectivity index is 1.77. The van der Waals surface area contributed by atoms with Crippen LogP contribution >= 0.6 is 15.9 Å². The van der Waals surface area contributed by atoms with Gasteiger partial charge in [-0.05, 0) is 54.5 Å². The Labute approximate surface area is 170 Å². The van der Waals surface area contributed by atoms with Crippen LogP contribution in [0.3, 0.4) is 0 Å². The molecule has 0 aromatic heterocycles. The van der Waals surface area contributed by atoms with Crippen LogP contribution in [0.15, 0.2) is 59.1 Å². The second kappa shape index (κ2) is 10.0. The first-order valence-corrected chi connectivity index (χ1v) is 9.98. The van der Waals surface area contributed by atoms with Gasteiger partial charge in [0.2, 0.25) is 0 Å². The molecule has 4 nitrogen and oxygen atoms in total. The summed E-state index contributed by atoms with van der Waals surface area (Å²) in [5.74, 6) is -0.348. The Morgan fingerprint density at radius 1 is 1.19 bits per heavy atom. The van der Waals surface area contributed by atoms with Crippen LogP contribution in [0.5, 0.6) is 0 Å². The van der Waals surface area contributed by atoms with Gasteiger partial charge < -0.3 is 9.94 Å². The molecule has 0 radical (unpaired) electrons. The predicted molar refractivity (Wildman–Crippen MR) is 111 cm³/mol. The molecule has 5 heteroatoms. The largest absolute Gasteiger partial charge is 0.388 e. The zero-order valence-electron chi connectivity index (χ0n) is 16.2. The second-order valence-corrected chi connectivity index (χ2v) is 8.57. The summed E-state index contributed by atoms with van der Waals surface area (Å²) in [7, 11) is 1.78. The van der Waals surface area contributed by atoms with Gasteiger partial charge in [-0.2, -0.15) is 0 Å². The third-order valence-electron chi connectivity index (χ3n) is 4.46. The van der Waals surface area contributed by atoms with E-state index in [4.69, 9.17) is 4.84 Å². The molecule has 1 N–H and O–H groups in total. The molecule has 0 aliphatic rings. The summed E-state index contributed by atoms with van der Waals surface area (Å²) in [5, 5.41) is 12.0. The van der Waals surface area contributed by atoms with Crippen molar-refractivity contribution in [2.45, 2.75) is 39.2 Å². The summed E-state index contributed by atoms with van der Waals surface area (Å²) in [6, 6.07) is 16.8. The van der Waals surface area contributed by atoms with E-state index in [0.717, 1.165) is 22.9 Å². The van der Waals surface area contributed by atoms with Crippen molar-refractivity contribution in [2.75, 3.05) is 13.6 Å². The van der Waals surface area contributed by atoms with Crippen molar-refractivity contribution in [1.82, 2.24) is 5.06 Å². The number of hydroxylamine groups is 2. The molecule has 0 saturated heterocycles. The number of nitrogens with zero attached hydrogens (tertiary/aromatic N) is 1. The van der Waals surface area contributed by atoms with Gasteiger partial charge >= 0.3 is 5.97 Å². The maximum absolute atomic E-state index is 12.1. The highest BCUT2D eigenvalue weighted by Crippen LogP contribution is 2.28. The average Bonchev–Trinajstić information content (AvgIpc) is 2.61. The monoisotopic (exact) mass is 433 g/mol. The van der Waals surface area contributed by atoms with Gasteiger partial charge in [0, 0.05) is 18.1 Å². The number of hydrogen-bond acceptors (Lipinski definition) is 4. The van der Waals surface area contributed by atoms with Crippen LogP contribution in [0.1, 0.15) is 55.1 Å². The molecule has 0 fully saturated rings. The highest BCUT2D eigenvalue weighted by molar-refractivity contribution is 9.10. The second-order valence-electron chi connectivity index (χ2n) is 7.66. The Kier molecular flexibility index (Phi) is 8.02. The minimum atomic E-state index is -0.466. The van der Waals surface area contributed by atoms with Crippen molar-refractivity contribution in [2.24, 2.45) is 5.41 Å². The summed E-state index contributed by atoms with van der Waals surface area (Å²) in [5.41, 5.74) is 1.43. The van der Waals surface area contributed by atoms with Gasteiger partial charge in [-0.1, -0.05) is 60.1 Å². The highest BCUT2D eigenvalue weighted by atomic mass is 79.9. The van der Waals surface area contributed by atoms with Crippen molar-refractivity contribution >= 4 is 21.9 Å². The highest BCUT2D eigenvalue weighted by Gasteiger charge is 2.23. The van der Waals surface area contributed by atoms with Crippen LogP contribution in [0, 0.1) is 5.41 Å². The van der Waals surface area contributed by atoms with E-state index in [-0.39, 0.29) is 11.4 Å². The molecule has 0 bridgehead atoms. The molecule has 0 heterocycles. The summed E-state index contributed by atoms with van der Waals surface area (Å²) >= 11 is 3.44. The molecule has 1 unspecified atom stereocenters. The van der Waals surface area contributed by atoms with Crippen molar-refractivity contribution in [3.8, 4) is 0 Å². The van der Waals surface area contributed by atoms with Crippen LogP contribution < -0.4 is 0 Å². The van der Waals surface area contributed by atoms with Crippen LogP contribution in [0.2, 0.25) is 0 Å². The van der Waals surface area contributed by atoms with E-state index in [9.17, 15) is 9.90 Å². The van der Waals surface area contributed by atoms with Gasteiger partial charge in [0.25, 0.3) is 0 Å². The SMILES string of the molecule is CN(CC(C)(C)CCCC(O)c1cccc(Br)c1)OC(=O)c1ccccc1. The van der Waals surface area contributed by atoms with Gasteiger partial charge in [0.05, 0.1) is 11.7 Å². The normalized spacial score (nSPS) is 12.8. The first-order valence-electron chi connectivity index (χ1n) is 9.19. The topological polar surface area (TPSA) is 49.8 Å². The fraction of sp³-hybridized carbons (Fsp3) is 0.409. The molecule has 0 amide bonds. The predicted octanol–water partition coefficient (Wildman–Crippen LogP) is 5.38. The standard InChI is InChI=1S/C22H28BrNO3/c1-22(2,14-8-13-20(25)18-11-7-12-19(23)15-18)16-24(3)27-21(26)17-9-5-4-6-10-17/h4-7,9-12,15,20,25H,8,13-14,16H2,1-3H3. The molecule has 0 spiro atoms. The lowest BCUT2D eigenvalue weighted by Crippen LogP contribution is -2.33. The van der Waals surface area contributed by atoms with Crippen LogP contribution in [-0.2, 0) is 4.84 Å². The number of aliphatic hydroxyl groups is 1. The summed E-state index contributed by atoms with van der Waals surface area (Å²) in [6.45, 7) is 4.91. The lowest BCUT2D eigenvalue weighted by atomic mass is 9.86. The van der Waals surface area contributed by atoms with Gasteiger partial charge in [0.15, 0.2) is 0 Å². The fourth-order valence-electron chi connectivity index (χ4n) is 3.14. The molecule has 2 aromatic carbocycles. The molecule has 1 atom stereocenters. The Morgan fingerprint density at radius 3 is 2.56 bits per heavy atom. The van der Waals surface area contributed by atoms with Crippen molar-refractivity contribution < 1.29 is 14.7 Å². The molecule has 146 valence electrons. The van der Waals surface area contributed by atoms with Crippen LogP contribution in [0.4, 0.5) is 0 Å². The smallest absolute Gasteiger partial charge is 0.357 e. The number of benzene rings is 2. The van der Waals surface area contributed by atoms with Crippen LogP contribution in [-0.4, -0.2) is 29.7 Å². The summed E-state index contributed by atoms with van der Waals surface area (Å²) in [6.07, 6.45) is 2.05. The van der Waals surface area contributed by atoms with E-state index in [1.165, 1.54) is 0 Å². The number of hydrogen-bond donors (Lipinski definition) is 1. The van der Waals surface area contributed by atoms with E-state index in [1.807, 2.05) is 42.5 Å². The van der Waals surface area contributed by atoms with E-state index in [0.29, 0.717) is 18.5 Å². The zero-order valence-corrected chi connectivity index (χ0v) is 17.8. The molecule has 2 rings (SSSR count). The van der Waals surface area contributed by atoms with Gasteiger partial charge in [-0.15, -0.1) is 5.06 Å². The summed E-state index contributed by atoms with van der Waals surface area (Å²) in [4.78, 5) is 17.5. The summed E-state index contributed by atoms with van der Waals surface area (Å²) < 4.78 is 0.973. The number of carbonyl (C=O) groups excluding carboxylic acids is 1. The van der Waals surface area contributed by atoms with Crippen molar-refractivity contribution in [1.29, 1.82) is 0 Å². The Morgan fingerprint density at radius 2 is 1.89 bits per heavy atom. The first kappa shape index (κ1) is 21.6. The molecular weight excluding hydrogens is 406 g/mol. The third kappa shape index (κ3) is 7.45. The molecule has 0 aliphatic carbocycles. The van der Waals surface area contributed by atoms with Crippen LogP contribution in [0.25, 0.3) is 0 Å². The number of carbonyl (C=O) groups is 1. The molecular formula is C22H28BrNO3. The number of aliphatic hydroxyl groups excluding tert-OH is 1. The average molecular weight is 434 g/mol. The van der Waals surface area contributed by atoms with Gasteiger partial charge in [-0.25, -0.2) is 4.79 Å². The minimum absolute atomic E-state index is 0.0390.